The third kappa shape index (κ3) is 3.84. The molecule has 2 aromatic rings. The van der Waals surface area contributed by atoms with Crippen LogP contribution in [0.5, 0.6) is 0 Å². The van der Waals surface area contributed by atoms with E-state index >= 15 is 0 Å². The molecule has 18 heavy (non-hydrogen) atoms. The van der Waals surface area contributed by atoms with E-state index in [4.69, 9.17) is 0 Å². The lowest BCUT2D eigenvalue weighted by Gasteiger charge is -2.15. The Bertz CT molecular complexity index is 510. The first-order valence-electron chi connectivity index (χ1n) is 5.90. The van der Waals surface area contributed by atoms with E-state index in [0.717, 1.165) is 16.6 Å². The van der Waals surface area contributed by atoms with Gasteiger partial charge in [0.05, 0.1) is 0 Å². The van der Waals surface area contributed by atoms with E-state index in [9.17, 15) is 4.39 Å². The number of anilines is 1. The zero-order valence-electron chi connectivity index (χ0n) is 10.2. The summed E-state index contributed by atoms with van der Waals surface area (Å²) >= 11 is 3.42. The molecule has 0 bridgehead atoms. The third-order valence-electron chi connectivity index (χ3n) is 2.69. The molecule has 0 aliphatic rings. The van der Waals surface area contributed by atoms with E-state index in [1.165, 1.54) is 17.7 Å². The number of hydrogen-bond acceptors (Lipinski definition) is 1. The summed E-state index contributed by atoms with van der Waals surface area (Å²) in [5.74, 6) is -0.212. The van der Waals surface area contributed by atoms with Crippen LogP contribution in [-0.4, -0.2) is 6.04 Å². The zero-order valence-corrected chi connectivity index (χ0v) is 11.7. The molecule has 1 unspecified atom stereocenters. The Morgan fingerprint density at radius 1 is 1.17 bits per heavy atom. The second-order valence-electron chi connectivity index (χ2n) is 4.39. The van der Waals surface area contributed by atoms with Crippen molar-refractivity contribution < 1.29 is 4.39 Å². The highest BCUT2D eigenvalue weighted by atomic mass is 79.9. The molecule has 0 saturated carbocycles. The van der Waals surface area contributed by atoms with E-state index in [-0.39, 0.29) is 11.9 Å². The van der Waals surface area contributed by atoms with Gasteiger partial charge in [0, 0.05) is 16.2 Å². The molecular formula is C15H15BrFN. The first-order valence-corrected chi connectivity index (χ1v) is 6.69. The average Bonchev–Trinajstić information content (AvgIpc) is 2.32. The van der Waals surface area contributed by atoms with Gasteiger partial charge in [0.2, 0.25) is 0 Å². The average molecular weight is 308 g/mol. The maximum atomic E-state index is 13.0. The molecule has 0 heterocycles. The Morgan fingerprint density at radius 3 is 2.56 bits per heavy atom. The van der Waals surface area contributed by atoms with Crippen molar-refractivity contribution in [3.63, 3.8) is 0 Å². The van der Waals surface area contributed by atoms with E-state index in [1.807, 2.05) is 18.2 Å². The van der Waals surface area contributed by atoms with Gasteiger partial charge in [0.1, 0.15) is 5.82 Å². The number of rotatable bonds is 4. The highest BCUT2D eigenvalue weighted by molar-refractivity contribution is 9.10. The molecule has 0 aromatic heterocycles. The molecule has 1 atom stereocenters. The van der Waals surface area contributed by atoms with Gasteiger partial charge in [0.25, 0.3) is 0 Å². The molecule has 94 valence electrons. The fourth-order valence-corrected chi connectivity index (χ4v) is 2.15. The van der Waals surface area contributed by atoms with Crippen molar-refractivity contribution in [2.24, 2.45) is 0 Å². The lowest BCUT2D eigenvalue weighted by molar-refractivity contribution is 0.627. The molecule has 0 fully saturated rings. The maximum absolute atomic E-state index is 13.0. The van der Waals surface area contributed by atoms with Gasteiger partial charge < -0.3 is 5.32 Å². The second-order valence-corrected chi connectivity index (χ2v) is 5.30. The van der Waals surface area contributed by atoms with Crippen LogP contribution in [0, 0.1) is 5.82 Å². The van der Waals surface area contributed by atoms with Gasteiger partial charge in [-0.1, -0.05) is 34.1 Å². The van der Waals surface area contributed by atoms with E-state index < -0.39 is 0 Å². The zero-order chi connectivity index (χ0) is 13.0. The predicted molar refractivity (Wildman–Crippen MR) is 77.3 cm³/mol. The van der Waals surface area contributed by atoms with Gasteiger partial charge in [-0.15, -0.1) is 0 Å². The maximum Gasteiger partial charge on any atom is 0.125 e. The van der Waals surface area contributed by atoms with Gasteiger partial charge in [0.15, 0.2) is 0 Å². The van der Waals surface area contributed by atoms with Gasteiger partial charge in [-0.25, -0.2) is 4.39 Å². The minimum absolute atomic E-state index is 0.212. The molecule has 0 aliphatic carbocycles. The Balaban J connectivity index is 1.96. The molecule has 0 saturated heterocycles. The summed E-state index contributed by atoms with van der Waals surface area (Å²) in [4.78, 5) is 0. The summed E-state index contributed by atoms with van der Waals surface area (Å²) in [6.07, 6.45) is 0.907. The van der Waals surface area contributed by atoms with Crippen LogP contribution in [0.1, 0.15) is 12.5 Å². The number of nitrogens with one attached hydrogen (secondary N) is 1. The molecule has 0 amide bonds. The molecule has 1 N–H and O–H groups in total. The Hall–Kier alpha value is -1.35. The number of benzene rings is 2. The third-order valence-corrected chi connectivity index (χ3v) is 3.22. The van der Waals surface area contributed by atoms with Crippen LogP contribution in [-0.2, 0) is 6.42 Å². The monoisotopic (exact) mass is 307 g/mol. The standard InChI is InChI=1S/C15H15BrFN/c1-11(9-12-5-7-13(16)8-6-12)18-15-4-2-3-14(17)10-15/h2-8,10-11,18H,9H2,1H3. The minimum Gasteiger partial charge on any atom is -0.382 e. The fourth-order valence-electron chi connectivity index (χ4n) is 1.89. The largest absolute Gasteiger partial charge is 0.382 e. The summed E-state index contributed by atoms with van der Waals surface area (Å²) in [5, 5.41) is 3.29. The van der Waals surface area contributed by atoms with Crippen LogP contribution in [0.4, 0.5) is 10.1 Å². The Kier molecular flexibility index (Phi) is 4.37. The van der Waals surface area contributed by atoms with Crippen molar-refractivity contribution in [3.05, 3.63) is 64.4 Å². The highest BCUT2D eigenvalue weighted by Crippen LogP contribution is 2.15. The molecular weight excluding hydrogens is 293 g/mol. The van der Waals surface area contributed by atoms with Crippen LogP contribution >= 0.6 is 15.9 Å². The van der Waals surface area contributed by atoms with Crippen molar-refractivity contribution in [2.45, 2.75) is 19.4 Å². The number of halogens is 2. The summed E-state index contributed by atoms with van der Waals surface area (Å²) in [6.45, 7) is 2.09. The van der Waals surface area contributed by atoms with E-state index in [0.29, 0.717) is 0 Å². The van der Waals surface area contributed by atoms with Gasteiger partial charge in [-0.2, -0.15) is 0 Å². The Labute approximate surface area is 115 Å². The van der Waals surface area contributed by atoms with Gasteiger partial charge >= 0.3 is 0 Å². The van der Waals surface area contributed by atoms with Gasteiger partial charge in [-0.3, -0.25) is 0 Å². The van der Waals surface area contributed by atoms with Crippen molar-refractivity contribution in [2.75, 3.05) is 5.32 Å². The summed E-state index contributed by atoms with van der Waals surface area (Å²) in [5.41, 5.74) is 2.08. The first-order chi connectivity index (χ1) is 8.63. The first kappa shape index (κ1) is 13.1. The second kappa shape index (κ2) is 6.01. The summed E-state index contributed by atoms with van der Waals surface area (Å²) < 4.78 is 14.1. The van der Waals surface area contributed by atoms with Crippen LogP contribution in [0.2, 0.25) is 0 Å². The van der Waals surface area contributed by atoms with Crippen molar-refractivity contribution >= 4 is 21.6 Å². The summed E-state index contributed by atoms with van der Waals surface area (Å²) in [7, 11) is 0. The molecule has 0 aliphatic heterocycles. The minimum atomic E-state index is -0.212. The SMILES string of the molecule is CC(Cc1ccc(Br)cc1)Nc1cccc(F)c1. The van der Waals surface area contributed by atoms with Crippen LogP contribution in [0.25, 0.3) is 0 Å². The molecule has 2 aromatic carbocycles. The van der Waals surface area contributed by atoms with Crippen molar-refractivity contribution in [1.29, 1.82) is 0 Å². The molecule has 0 radical (unpaired) electrons. The van der Waals surface area contributed by atoms with Crippen molar-refractivity contribution in [1.82, 2.24) is 0 Å². The van der Waals surface area contributed by atoms with Crippen LogP contribution in [0.3, 0.4) is 0 Å². The molecule has 0 spiro atoms. The van der Waals surface area contributed by atoms with Crippen molar-refractivity contribution in [3.8, 4) is 0 Å². The Morgan fingerprint density at radius 2 is 1.89 bits per heavy atom. The molecule has 1 nitrogen and oxygen atoms in total. The number of hydrogen-bond donors (Lipinski definition) is 1. The van der Waals surface area contributed by atoms with Crippen LogP contribution < -0.4 is 5.32 Å². The van der Waals surface area contributed by atoms with Gasteiger partial charge in [-0.05, 0) is 49.2 Å². The fraction of sp³-hybridized carbons (Fsp3) is 0.200. The topological polar surface area (TPSA) is 12.0 Å². The molecule has 2 rings (SSSR count). The normalized spacial score (nSPS) is 12.2. The quantitative estimate of drug-likeness (QED) is 0.868. The van der Waals surface area contributed by atoms with Crippen LogP contribution in [0.15, 0.2) is 53.0 Å². The predicted octanol–water partition coefficient (Wildman–Crippen LogP) is 4.63. The highest BCUT2D eigenvalue weighted by Gasteiger charge is 2.04. The summed E-state index contributed by atoms with van der Waals surface area (Å²) in [6, 6.07) is 15.1. The van der Waals surface area contributed by atoms with E-state index in [2.05, 4.69) is 40.3 Å². The van der Waals surface area contributed by atoms with E-state index in [1.54, 1.807) is 6.07 Å². The molecule has 3 heteroatoms. The lowest BCUT2D eigenvalue weighted by atomic mass is 10.1. The lowest BCUT2D eigenvalue weighted by Crippen LogP contribution is -2.18. The smallest absolute Gasteiger partial charge is 0.125 e.